The number of halogens is 1. The minimum absolute atomic E-state index is 0.0538. The standard InChI is InChI=1S/C19H12ClNOS/c20-14-11-9-13(10-12-14)19(22)21-15-5-1-3-7-17(15)23-18-8-4-2-6-16(18)21/h1-12H. The zero-order valence-electron chi connectivity index (χ0n) is 12.1. The Morgan fingerprint density at radius 2 is 1.30 bits per heavy atom. The second-order valence-electron chi connectivity index (χ2n) is 5.18. The van der Waals surface area contributed by atoms with Crippen molar-refractivity contribution in [1.82, 2.24) is 0 Å². The highest BCUT2D eigenvalue weighted by atomic mass is 35.5. The fourth-order valence-electron chi connectivity index (χ4n) is 2.64. The molecule has 0 bridgehead atoms. The summed E-state index contributed by atoms with van der Waals surface area (Å²) in [5, 5.41) is 0.622. The van der Waals surface area contributed by atoms with E-state index < -0.39 is 0 Å². The molecular weight excluding hydrogens is 326 g/mol. The number of rotatable bonds is 1. The molecule has 0 saturated heterocycles. The summed E-state index contributed by atoms with van der Waals surface area (Å²) >= 11 is 7.62. The van der Waals surface area contributed by atoms with Crippen LogP contribution in [0.25, 0.3) is 0 Å². The fourth-order valence-corrected chi connectivity index (χ4v) is 3.83. The highest BCUT2D eigenvalue weighted by molar-refractivity contribution is 7.99. The van der Waals surface area contributed by atoms with Gasteiger partial charge in [0.25, 0.3) is 5.91 Å². The van der Waals surface area contributed by atoms with Gasteiger partial charge in [-0.05, 0) is 48.5 Å². The monoisotopic (exact) mass is 337 g/mol. The normalized spacial score (nSPS) is 12.5. The molecule has 0 saturated carbocycles. The summed E-state index contributed by atoms with van der Waals surface area (Å²) in [6.45, 7) is 0. The molecule has 1 heterocycles. The average Bonchev–Trinajstić information content (AvgIpc) is 2.59. The summed E-state index contributed by atoms with van der Waals surface area (Å²) < 4.78 is 0. The Morgan fingerprint density at radius 1 is 0.783 bits per heavy atom. The molecule has 0 fully saturated rings. The highest BCUT2D eigenvalue weighted by Gasteiger charge is 2.28. The Balaban J connectivity index is 1.87. The van der Waals surface area contributed by atoms with Crippen LogP contribution in [-0.4, -0.2) is 5.91 Å². The molecule has 0 radical (unpaired) electrons. The molecule has 3 aromatic carbocycles. The van der Waals surface area contributed by atoms with Gasteiger partial charge in [-0.25, -0.2) is 0 Å². The molecule has 1 amide bonds. The maximum Gasteiger partial charge on any atom is 0.262 e. The van der Waals surface area contributed by atoms with Crippen LogP contribution in [0.4, 0.5) is 11.4 Å². The Morgan fingerprint density at radius 3 is 1.87 bits per heavy atom. The first-order valence-electron chi connectivity index (χ1n) is 7.20. The highest BCUT2D eigenvalue weighted by Crippen LogP contribution is 2.48. The molecule has 1 aliphatic rings. The van der Waals surface area contributed by atoms with Crippen LogP contribution in [0, 0.1) is 0 Å². The molecule has 0 aliphatic carbocycles. The van der Waals surface area contributed by atoms with Crippen LogP contribution in [-0.2, 0) is 0 Å². The van der Waals surface area contributed by atoms with Gasteiger partial charge >= 0.3 is 0 Å². The molecule has 0 unspecified atom stereocenters. The predicted molar refractivity (Wildman–Crippen MR) is 94.9 cm³/mol. The van der Waals surface area contributed by atoms with Gasteiger partial charge in [-0.3, -0.25) is 9.69 Å². The number of benzene rings is 3. The molecule has 0 atom stereocenters. The van der Waals surface area contributed by atoms with Gasteiger partial charge in [0.15, 0.2) is 0 Å². The number of fused-ring (bicyclic) bond motifs is 2. The van der Waals surface area contributed by atoms with Crippen molar-refractivity contribution in [1.29, 1.82) is 0 Å². The van der Waals surface area contributed by atoms with Crippen molar-refractivity contribution in [3.63, 3.8) is 0 Å². The lowest BCUT2D eigenvalue weighted by atomic mass is 10.1. The van der Waals surface area contributed by atoms with Crippen LogP contribution in [0.2, 0.25) is 5.02 Å². The molecule has 4 heteroatoms. The number of anilines is 2. The summed E-state index contributed by atoms with van der Waals surface area (Å²) in [4.78, 5) is 17.0. The van der Waals surface area contributed by atoms with Crippen molar-refractivity contribution in [2.45, 2.75) is 9.79 Å². The second-order valence-corrected chi connectivity index (χ2v) is 6.71. The van der Waals surface area contributed by atoms with E-state index in [2.05, 4.69) is 0 Å². The van der Waals surface area contributed by atoms with Crippen LogP contribution < -0.4 is 4.90 Å². The summed E-state index contributed by atoms with van der Waals surface area (Å²) in [7, 11) is 0. The quantitative estimate of drug-likeness (QED) is 0.560. The van der Waals surface area contributed by atoms with Crippen LogP contribution in [0.15, 0.2) is 82.6 Å². The molecule has 23 heavy (non-hydrogen) atoms. The van der Waals surface area contributed by atoms with Crippen molar-refractivity contribution in [2.75, 3.05) is 4.90 Å². The van der Waals surface area contributed by atoms with Gasteiger partial charge in [0.1, 0.15) is 0 Å². The first-order valence-corrected chi connectivity index (χ1v) is 8.39. The molecule has 0 spiro atoms. The topological polar surface area (TPSA) is 20.3 Å². The third-order valence-electron chi connectivity index (χ3n) is 3.73. The Hall–Kier alpha value is -2.23. The van der Waals surface area contributed by atoms with Crippen LogP contribution >= 0.6 is 23.4 Å². The Kier molecular flexibility index (Phi) is 3.60. The van der Waals surface area contributed by atoms with E-state index in [1.807, 2.05) is 48.5 Å². The van der Waals surface area contributed by atoms with E-state index in [0.29, 0.717) is 10.6 Å². The van der Waals surface area contributed by atoms with E-state index in [-0.39, 0.29) is 5.91 Å². The first kappa shape index (κ1) is 14.4. The van der Waals surface area contributed by atoms with Crippen molar-refractivity contribution in [3.8, 4) is 0 Å². The van der Waals surface area contributed by atoms with E-state index in [1.165, 1.54) is 0 Å². The molecule has 4 rings (SSSR count). The number of nitrogens with zero attached hydrogens (tertiary/aromatic N) is 1. The number of carbonyl (C=O) groups is 1. The zero-order valence-corrected chi connectivity index (χ0v) is 13.6. The fraction of sp³-hybridized carbons (Fsp3) is 0. The summed E-state index contributed by atoms with van der Waals surface area (Å²) in [5.74, 6) is -0.0538. The van der Waals surface area contributed by atoms with Crippen LogP contribution in [0.5, 0.6) is 0 Å². The van der Waals surface area contributed by atoms with Gasteiger partial charge in [0.2, 0.25) is 0 Å². The average molecular weight is 338 g/mol. The summed E-state index contributed by atoms with van der Waals surface area (Å²) in [6, 6.07) is 22.9. The minimum atomic E-state index is -0.0538. The van der Waals surface area contributed by atoms with Gasteiger partial charge in [0, 0.05) is 20.4 Å². The third-order valence-corrected chi connectivity index (χ3v) is 5.11. The van der Waals surface area contributed by atoms with Crippen molar-refractivity contribution in [2.24, 2.45) is 0 Å². The maximum absolute atomic E-state index is 13.1. The van der Waals surface area contributed by atoms with Crippen LogP contribution in [0.1, 0.15) is 10.4 Å². The zero-order chi connectivity index (χ0) is 15.8. The molecule has 2 nitrogen and oxygen atoms in total. The van der Waals surface area contributed by atoms with E-state index in [9.17, 15) is 4.79 Å². The maximum atomic E-state index is 13.1. The molecule has 3 aromatic rings. The molecule has 0 aromatic heterocycles. The van der Waals surface area contributed by atoms with Crippen molar-refractivity contribution in [3.05, 3.63) is 83.4 Å². The SMILES string of the molecule is O=C(c1ccc(Cl)cc1)N1c2ccccc2Sc2ccccc21. The lowest BCUT2D eigenvalue weighted by Gasteiger charge is -2.31. The second kappa shape index (κ2) is 5.76. The third kappa shape index (κ3) is 2.52. The number of hydrogen-bond donors (Lipinski definition) is 0. The molecule has 0 N–H and O–H groups in total. The number of carbonyl (C=O) groups excluding carboxylic acids is 1. The predicted octanol–water partition coefficient (Wildman–Crippen LogP) is 5.78. The van der Waals surface area contributed by atoms with Crippen molar-refractivity contribution < 1.29 is 4.79 Å². The minimum Gasteiger partial charge on any atom is -0.275 e. The number of amides is 1. The van der Waals surface area contributed by atoms with Gasteiger partial charge in [-0.2, -0.15) is 0 Å². The van der Waals surface area contributed by atoms with Crippen molar-refractivity contribution >= 4 is 40.6 Å². The molecule has 112 valence electrons. The Labute approximate surface area is 143 Å². The van der Waals surface area contributed by atoms with E-state index in [0.717, 1.165) is 21.2 Å². The van der Waals surface area contributed by atoms with Gasteiger partial charge in [-0.1, -0.05) is 47.6 Å². The summed E-state index contributed by atoms with van der Waals surface area (Å²) in [5.41, 5.74) is 2.44. The summed E-state index contributed by atoms with van der Waals surface area (Å²) in [6.07, 6.45) is 0. The number of para-hydroxylation sites is 2. The van der Waals surface area contributed by atoms with Gasteiger partial charge < -0.3 is 0 Å². The number of hydrogen-bond acceptors (Lipinski definition) is 2. The Bertz CT molecular complexity index is 846. The lowest BCUT2D eigenvalue weighted by Crippen LogP contribution is -2.28. The van der Waals surface area contributed by atoms with Gasteiger partial charge in [-0.15, -0.1) is 0 Å². The van der Waals surface area contributed by atoms with Gasteiger partial charge in [0.05, 0.1) is 11.4 Å². The first-order chi connectivity index (χ1) is 11.2. The van der Waals surface area contributed by atoms with E-state index >= 15 is 0 Å². The largest absolute Gasteiger partial charge is 0.275 e. The molecule has 1 aliphatic heterocycles. The van der Waals surface area contributed by atoms with E-state index in [4.69, 9.17) is 11.6 Å². The lowest BCUT2D eigenvalue weighted by molar-refractivity contribution is 0.0998. The smallest absolute Gasteiger partial charge is 0.262 e. The molecular formula is C19H12ClNOS. The van der Waals surface area contributed by atoms with Crippen LogP contribution in [0.3, 0.4) is 0 Å². The van der Waals surface area contributed by atoms with E-state index in [1.54, 1.807) is 40.9 Å².